The fourth-order valence-electron chi connectivity index (χ4n) is 2.25. The maximum absolute atomic E-state index is 6.31. The molecule has 1 N–H and O–H groups in total. The lowest BCUT2D eigenvalue weighted by Crippen LogP contribution is -1.99. The number of fused-ring (bicyclic) bond motifs is 1. The molecule has 3 aromatic rings. The number of aryl methyl sites for hydroxylation is 3. The van der Waals surface area contributed by atoms with Crippen LogP contribution in [-0.4, -0.2) is 19.7 Å². The van der Waals surface area contributed by atoms with E-state index in [-0.39, 0.29) is 0 Å². The van der Waals surface area contributed by atoms with Gasteiger partial charge in [0.2, 0.25) is 0 Å². The largest absolute Gasteiger partial charge is 0.338 e. The number of anilines is 2. The predicted molar refractivity (Wildman–Crippen MR) is 80.5 cm³/mol. The van der Waals surface area contributed by atoms with Crippen molar-refractivity contribution < 1.29 is 0 Å². The summed E-state index contributed by atoms with van der Waals surface area (Å²) in [6.07, 6.45) is 3.26. The van der Waals surface area contributed by atoms with E-state index in [2.05, 4.69) is 26.4 Å². The Morgan fingerprint density at radius 1 is 1.20 bits per heavy atom. The molecule has 5 nitrogen and oxygen atoms in total. The molecule has 20 heavy (non-hydrogen) atoms. The van der Waals surface area contributed by atoms with Gasteiger partial charge < -0.3 is 5.32 Å². The summed E-state index contributed by atoms with van der Waals surface area (Å²) >= 11 is 6.31. The summed E-state index contributed by atoms with van der Waals surface area (Å²) in [5, 5.41) is 9.03. The quantitative estimate of drug-likeness (QED) is 0.785. The average Bonchev–Trinajstić information content (AvgIpc) is 2.77. The van der Waals surface area contributed by atoms with E-state index in [0.717, 1.165) is 27.8 Å². The van der Waals surface area contributed by atoms with Crippen molar-refractivity contribution in [2.24, 2.45) is 7.05 Å². The zero-order valence-corrected chi connectivity index (χ0v) is 12.2. The maximum atomic E-state index is 6.31. The summed E-state index contributed by atoms with van der Waals surface area (Å²) in [7, 11) is 1.85. The summed E-state index contributed by atoms with van der Waals surface area (Å²) < 4.78 is 1.71. The molecule has 0 unspecified atom stereocenters. The van der Waals surface area contributed by atoms with Gasteiger partial charge in [-0.1, -0.05) is 17.7 Å². The normalized spacial score (nSPS) is 11.0. The van der Waals surface area contributed by atoms with Crippen LogP contribution in [0.1, 0.15) is 11.1 Å². The van der Waals surface area contributed by atoms with E-state index < -0.39 is 0 Å². The lowest BCUT2D eigenvalue weighted by molar-refractivity contribution is 0.785. The Balaban J connectivity index is 2.10. The number of hydrogen-bond acceptors (Lipinski definition) is 4. The summed E-state index contributed by atoms with van der Waals surface area (Å²) in [6.45, 7) is 4.04. The van der Waals surface area contributed by atoms with Crippen molar-refractivity contribution in [2.45, 2.75) is 13.8 Å². The minimum Gasteiger partial charge on any atom is -0.338 e. The zero-order valence-electron chi connectivity index (χ0n) is 11.5. The summed E-state index contributed by atoms with van der Waals surface area (Å²) in [4.78, 5) is 8.50. The molecule has 102 valence electrons. The molecule has 0 aliphatic rings. The molecule has 2 aromatic heterocycles. The second-order valence-electron chi connectivity index (χ2n) is 4.79. The molecular formula is C14H14ClN5. The van der Waals surface area contributed by atoms with E-state index >= 15 is 0 Å². The predicted octanol–water partition coefficient (Wildman–Crippen LogP) is 3.38. The second kappa shape index (κ2) is 4.76. The van der Waals surface area contributed by atoms with Crippen LogP contribution in [0, 0.1) is 13.8 Å². The summed E-state index contributed by atoms with van der Waals surface area (Å²) in [5.74, 6) is 0.706. The van der Waals surface area contributed by atoms with Gasteiger partial charge in [-0.3, -0.25) is 4.68 Å². The van der Waals surface area contributed by atoms with E-state index in [9.17, 15) is 0 Å². The van der Waals surface area contributed by atoms with Crippen LogP contribution in [0.4, 0.5) is 11.5 Å². The number of aromatic nitrogens is 4. The van der Waals surface area contributed by atoms with Gasteiger partial charge in [0, 0.05) is 7.05 Å². The highest BCUT2D eigenvalue weighted by molar-refractivity contribution is 6.33. The van der Waals surface area contributed by atoms with Gasteiger partial charge in [-0.25, -0.2) is 9.97 Å². The van der Waals surface area contributed by atoms with Crippen molar-refractivity contribution in [2.75, 3.05) is 5.32 Å². The van der Waals surface area contributed by atoms with Crippen molar-refractivity contribution >= 4 is 34.1 Å². The first kappa shape index (κ1) is 12.9. The van der Waals surface area contributed by atoms with Gasteiger partial charge in [-0.15, -0.1) is 0 Å². The Morgan fingerprint density at radius 3 is 2.75 bits per heavy atom. The molecular weight excluding hydrogens is 274 g/mol. The van der Waals surface area contributed by atoms with Crippen LogP contribution in [0.15, 0.2) is 24.7 Å². The van der Waals surface area contributed by atoms with Gasteiger partial charge in [0.25, 0.3) is 0 Å². The summed E-state index contributed by atoms with van der Waals surface area (Å²) in [6, 6.07) is 4.01. The molecule has 0 radical (unpaired) electrons. The fraction of sp³-hybridized carbons (Fsp3) is 0.214. The number of benzene rings is 1. The molecule has 3 rings (SSSR count). The molecule has 0 saturated heterocycles. The molecule has 0 fully saturated rings. The zero-order chi connectivity index (χ0) is 14.3. The molecule has 0 bridgehead atoms. The van der Waals surface area contributed by atoms with Gasteiger partial charge in [-0.2, -0.15) is 5.10 Å². The lowest BCUT2D eigenvalue weighted by atomic mass is 10.1. The van der Waals surface area contributed by atoms with Gasteiger partial charge >= 0.3 is 0 Å². The van der Waals surface area contributed by atoms with E-state index in [1.54, 1.807) is 10.9 Å². The van der Waals surface area contributed by atoms with Crippen molar-refractivity contribution in [3.8, 4) is 0 Å². The fourth-order valence-corrected chi connectivity index (χ4v) is 2.62. The lowest BCUT2D eigenvalue weighted by Gasteiger charge is -2.12. The van der Waals surface area contributed by atoms with Crippen LogP contribution >= 0.6 is 11.6 Å². The molecule has 1 aromatic carbocycles. The molecule has 0 aliphatic heterocycles. The topological polar surface area (TPSA) is 55.6 Å². The molecule has 0 atom stereocenters. The SMILES string of the molecule is Cc1cc(C)c(Nc2ncnc3c2cnn3C)c(Cl)c1. The smallest absolute Gasteiger partial charge is 0.163 e. The number of rotatable bonds is 2. The van der Waals surface area contributed by atoms with Crippen molar-refractivity contribution in [3.05, 3.63) is 40.8 Å². The molecule has 0 aliphatic carbocycles. The van der Waals surface area contributed by atoms with Crippen molar-refractivity contribution in [3.63, 3.8) is 0 Å². The first-order valence-corrected chi connectivity index (χ1v) is 6.60. The Kier molecular flexibility index (Phi) is 3.06. The first-order chi connectivity index (χ1) is 9.56. The third-order valence-corrected chi connectivity index (χ3v) is 3.50. The van der Waals surface area contributed by atoms with Gasteiger partial charge in [0.15, 0.2) is 5.65 Å². The van der Waals surface area contributed by atoms with Crippen molar-refractivity contribution in [1.29, 1.82) is 0 Å². The first-order valence-electron chi connectivity index (χ1n) is 6.22. The molecule has 6 heteroatoms. The van der Waals surface area contributed by atoms with Gasteiger partial charge in [0.1, 0.15) is 12.1 Å². The Morgan fingerprint density at radius 2 is 2.00 bits per heavy atom. The number of nitrogens with zero attached hydrogens (tertiary/aromatic N) is 4. The summed E-state index contributed by atoms with van der Waals surface area (Å²) in [5.41, 5.74) is 3.85. The molecule has 0 saturated carbocycles. The van der Waals surface area contributed by atoms with Gasteiger partial charge in [-0.05, 0) is 31.0 Å². The number of hydrogen-bond donors (Lipinski definition) is 1. The minimum absolute atomic E-state index is 0.679. The highest BCUT2D eigenvalue weighted by Crippen LogP contribution is 2.31. The third-order valence-electron chi connectivity index (χ3n) is 3.20. The van der Waals surface area contributed by atoms with Crippen LogP contribution in [0.3, 0.4) is 0 Å². The Bertz CT molecular complexity index is 770. The van der Waals surface area contributed by atoms with Crippen LogP contribution in [0.25, 0.3) is 11.0 Å². The average molecular weight is 288 g/mol. The monoisotopic (exact) mass is 287 g/mol. The van der Waals surface area contributed by atoms with E-state index in [1.807, 2.05) is 27.0 Å². The number of nitrogens with one attached hydrogen (secondary N) is 1. The van der Waals surface area contributed by atoms with E-state index in [0.29, 0.717) is 10.8 Å². The molecule has 2 heterocycles. The minimum atomic E-state index is 0.679. The highest BCUT2D eigenvalue weighted by atomic mass is 35.5. The second-order valence-corrected chi connectivity index (χ2v) is 5.20. The standard InChI is InChI=1S/C14H14ClN5/c1-8-4-9(2)12(11(15)5-8)19-13-10-6-18-20(3)14(10)17-7-16-13/h4-7H,1-3H3,(H,16,17,19). The highest BCUT2D eigenvalue weighted by Gasteiger charge is 2.11. The van der Waals surface area contributed by atoms with Crippen LogP contribution in [-0.2, 0) is 7.05 Å². The van der Waals surface area contributed by atoms with Crippen LogP contribution in [0.5, 0.6) is 0 Å². The Hall–Kier alpha value is -2.14. The molecule has 0 amide bonds. The Labute approximate surface area is 121 Å². The van der Waals surface area contributed by atoms with Gasteiger partial charge in [0.05, 0.1) is 22.3 Å². The maximum Gasteiger partial charge on any atom is 0.163 e. The molecule has 0 spiro atoms. The third kappa shape index (κ3) is 2.10. The van der Waals surface area contributed by atoms with Crippen LogP contribution in [0.2, 0.25) is 5.02 Å². The van der Waals surface area contributed by atoms with Crippen LogP contribution < -0.4 is 5.32 Å². The number of halogens is 1. The van der Waals surface area contributed by atoms with E-state index in [1.165, 1.54) is 6.33 Å². The van der Waals surface area contributed by atoms with Crippen molar-refractivity contribution in [1.82, 2.24) is 19.7 Å². The van der Waals surface area contributed by atoms with E-state index in [4.69, 9.17) is 11.6 Å².